The van der Waals surface area contributed by atoms with Gasteiger partial charge in [-0.25, -0.2) is 9.78 Å². The Morgan fingerprint density at radius 1 is 1.14 bits per heavy atom. The van der Waals surface area contributed by atoms with E-state index in [-0.39, 0.29) is 17.6 Å². The molecule has 1 fully saturated rings. The Balaban J connectivity index is 1.32. The van der Waals surface area contributed by atoms with Gasteiger partial charge in [-0.3, -0.25) is 9.59 Å². The zero-order valence-corrected chi connectivity index (χ0v) is 16.6. The minimum Gasteiger partial charge on any atom is -0.459 e. The van der Waals surface area contributed by atoms with Gasteiger partial charge in [0.25, 0.3) is 11.8 Å². The van der Waals surface area contributed by atoms with Crippen molar-refractivity contribution in [3.05, 3.63) is 53.4 Å². The van der Waals surface area contributed by atoms with E-state index in [0.29, 0.717) is 31.7 Å². The average molecular weight is 413 g/mol. The second-order valence-corrected chi connectivity index (χ2v) is 7.56. The molecule has 0 saturated carbocycles. The third-order valence-electron chi connectivity index (χ3n) is 4.81. The third kappa shape index (κ3) is 4.00. The lowest BCUT2D eigenvalue weighted by molar-refractivity contribution is -0.141. The predicted octanol–water partition coefficient (Wildman–Crippen LogP) is 2.42. The van der Waals surface area contributed by atoms with Gasteiger partial charge in [0, 0.05) is 26.2 Å². The zero-order chi connectivity index (χ0) is 20.4. The van der Waals surface area contributed by atoms with E-state index in [1.807, 2.05) is 0 Å². The highest BCUT2D eigenvalue weighted by atomic mass is 32.1. The summed E-state index contributed by atoms with van der Waals surface area (Å²) < 4.78 is 11.4. The molecular formula is C20H19N3O5S. The number of thiazole rings is 1. The van der Waals surface area contributed by atoms with Crippen LogP contribution in [0.2, 0.25) is 0 Å². The molecule has 3 heterocycles. The SMILES string of the molecule is C[C@H](OC(=O)c1ccc2ncsc2c1)C(=O)N1CCN(C(=O)c2ccco2)CC1. The van der Waals surface area contributed by atoms with Crippen LogP contribution in [0.15, 0.2) is 46.5 Å². The van der Waals surface area contributed by atoms with Gasteiger partial charge in [0.2, 0.25) is 0 Å². The van der Waals surface area contributed by atoms with E-state index in [1.165, 1.54) is 17.6 Å². The van der Waals surface area contributed by atoms with Crippen LogP contribution in [0.25, 0.3) is 10.2 Å². The van der Waals surface area contributed by atoms with Gasteiger partial charge < -0.3 is 19.0 Å². The maximum atomic E-state index is 12.7. The molecule has 29 heavy (non-hydrogen) atoms. The number of esters is 1. The van der Waals surface area contributed by atoms with Gasteiger partial charge in [-0.2, -0.15) is 0 Å². The summed E-state index contributed by atoms with van der Waals surface area (Å²) in [5, 5.41) is 0. The summed E-state index contributed by atoms with van der Waals surface area (Å²) in [7, 11) is 0. The number of benzene rings is 1. The van der Waals surface area contributed by atoms with Gasteiger partial charge >= 0.3 is 5.97 Å². The van der Waals surface area contributed by atoms with Crippen LogP contribution >= 0.6 is 11.3 Å². The number of ether oxygens (including phenoxy) is 1. The van der Waals surface area contributed by atoms with Crippen molar-refractivity contribution < 1.29 is 23.5 Å². The van der Waals surface area contributed by atoms with E-state index < -0.39 is 12.1 Å². The molecule has 2 aromatic heterocycles. The van der Waals surface area contributed by atoms with Crippen molar-refractivity contribution in [2.45, 2.75) is 13.0 Å². The summed E-state index contributed by atoms with van der Waals surface area (Å²) >= 11 is 1.44. The van der Waals surface area contributed by atoms with Crippen LogP contribution in [0.5, 0.6) is 0 Å². The minimum atomic E-state index is -0.910. The van der Waals surface area contributed by atoms with Crippen molar-refractivity contribution in [3.8, 4) is 0 Å². The van der Waals surface area contributed by atoms with Crippen LogP contribution in [0.3, 0.4) is 0 Å². The van der Waals surface area contributed by atoms with E-state index in [2.05, 4.69) is 4.98 Å². The number of rotatable bonds is 4. The molecule has 9 heteroatoms. The molecule has 1 aliphatic heterocycles. The monoisotopic (exact) mass is 413 g/mol. The van der Waals surface area contributed by atoms with E-state index in [1.54, 1.807) is 52.6 Å². The van der Waals surface area contributed by atoms with Crippen LogP contribution in [-0.4, -0.2) is 64.9 Å². The van der Waals surface area contributed by atoms with Gasteiger partial charge in [-0.05, 0) is 37.3 Å². The summed E-state index contributed by atoms with van der Waals surface area (Å²) in [6, 6.07) is 8.39. The summed E-state index contributed by atoms with van der Waals surface area (Å²) in [6.07, 6.45) is 0.544. The summed E-state index contributed by atoms with van der Waals surface area (Å²) in [4.78, 5) is 44.8. The van der Waals surface area contributed by atoms with Crippen molar-refractivity contribution in [1.82, 2.24) is 14.8 Å². The highest BCUT2D eigenvalue weighted by Crippen LogP contribution is 2.20. The average Bonchev–Trinajstić information content (AvgIpc) is 3.44. The van der Waals surface area contributed by atoms with Crippen LogP contribution < -0.4 is 0 Å². The fraction of sp³-hybridized carbons (Fsp3) is 0.300. The molecule has 0 radical (unpaired) electrons. The molecule has 0 N–H and O–H groups in total. The topological polar surface area (TPSA) is 93.0 Å². The van der Waals surface area contributed by atoms with Crippen molar-refractivity contribution in [2.24, 2.45) is 0 Å². The largest absolute Gasteiger partial charge is 0.459 e. The number of fused-ring (bicyclic) bond motifs is 1. The first kappa shape index (κ1) is 19.1. The standard InChI is InChI=1S/C20H19N3O5S/c1-13(28-20(26)14-4-5-15-17(11-14)29-12-21-15)18(24)22-6-8-23(9-7-22)19(25)16-3-2-10-27-16/h2-5,10-13H,6-9H2,1H3/t13-/m0/s1. The van der Waals surface area contributed by atoms with E-state index in [9.17, 15) is 14.4 Å². The molecule has 2 amide bonds. The second kappa shape index (κ2) is 8.04. The first-order valence-electron chi connectivity index (χ1n) is 9.19. The zero-order valence-electron chi connectivity index (χ0n) is 15.7. The number of furan rings is 1. The second-order valence-electron chi connectivity index (χ2n) is 6.68. The number of piperazine rings is 1. The fourth-order valence-corrected chi connectivity index (χ4v) is 3.92. The molecule has 3 aromatic rings. The molecule has 4 rings (SSSR count). The molecule has 1 aliphatic rings. The van der Waals surface area contributed by atoms with Crippen molar-refractivity contribution >= 4 is 39.3 Å². The lowest BCUT2D eigenvalue weighted by Gasteiger charge is -2.35. The first-order chi connectivity index (χ1) is 14.0. The Kier molecular flexibility index (Phi) is 5.30. The summed E-state index contributed by atoms with van der Waals surface area (Å²) in [6.45, 7) is 3.10. The highest BCUT2D eigenvalue weighted by Gasteiger charge is 2.30. The molecule has 0 spiro atoms. The highest BCUT2D eigenvalue weighted by molar-refractivity contribution is 7.16. The van der Waals surface area contributed by atoms with Crippen molar-refractivity contribution in [1.29, 1.82) is 0 Å². The van der Waals surface area contributed by atoms with Crippen molar-refractivity contribution in [2.75, 3.05) is 26.2 Å². The quantitative estimate of drug-likeness (QED) is 0.610. The molecule has 150 valence electrons. The number of nitrogens with zero attached hydrogens (tertiary/aromatic N) is 3. The number of amides is 2. The predicted molar refractivity (Wildman–Crippen MR) is 106 cm³/mol. The van der Waals surface area contributed by atoms with E-state index in [4.69, 9.17) is 9.15 Å². The number of carbonyl (C=O) groups is 3. The lowest BCUT2D eigenvalue weighted by atomic mass is 10.2. The number of hydrogen-bond acceptors (Lipinski definition) is 7. The number of aromatic nitrogens is 1. The smallest absolute Gasteiger partial charge is 0.338 e. The van der Waals surface area contributed by atoms with Crippen LogP contribution in [0, 0.1) is 0 Å². The molecule has 0 bridgehead atoms. The molecule has 1 atom stereocenters. The van der Waals surface area contributed by atoms with Crippen LogP contribution in [-0.2, 0) is 9.53 Å². The molecule has 0 unspecified atom stereocenters. The van der Waals surface area contributed by atoms with Gasteiger partial charge in [0.05, 0.1) is 27.6 Å². The number of carbonyl (C=O) groups excluding carboxylic acids is 3. The maximum Gasteiger partial charge on any atom is 0.338 e. The van der Waals surface area contributed by atoms with Crippen LogP contribution in [0.1, 0.15) is 27.8 Å². The molecule has 8 nitrogen and oxygen atoms in total. The number of hydrogen-bond donors (Lipinski definition) is 0. The van der Waals surface area contributed by atoms with Gasteiger partial charge in [0.15, 0.2) is 11.9 Å². The van der Waals surface area contributed by atoms with E-state index in [0.717, 1.165) is 10.2 Å². The Bertz CT molecular complexity index is 1040. The van der Waals surface area contributed by atoms with Gasteiger partial charge in [-0.15, -0.1) is 11.3 Å². The molecule has 1 aromatic carbocycles. The lowest BCUT2D eigenvalue weighted by Crippen LogP contribution is -2.53. The van der Waals surface area contributed by atoms with Crippen molar-refractivity contribution in [3.63, 3.8) is 0 Å². The van der Waals surface area contributed by atoms with Gasteiger partial charge in [0.1, 0.15) is 0 Å². The Hall–Kier alpha value is -3.20. The molecule has 0 aliphatic carbocycles. The minimum absolute atomic E-state index is 0.194. The van der Waals surface area contributed by atoms with E-state index >= 15 is 0 Å². The normalized spacial score (nSPS) is 15.3. The first-order valence-corrected chi connectivity index (χ1v) is 10.1. The Labute approximate surface area is 170 Å². The summed E-state index contributed by atoms with van der Waals surface area (Å²) in [5.74, 6) is -0.736. The molecule has 1 saturated heterocycles. The Morgan fingerprint density at radius 3 is 2.62 bits per heavy atom. The summed E-state index contributed by atoms with van der Waals surface area (Å²) in [5.41, 5.74) is 2.91. The van der Waals surface area contributed by atoms with Gasteiger partial charge in [-0.1, -0.05) is 0 Å². The third-order valence-corrected chi connectivity index (χ3v) is 5.60. The molecular weight excluding hydrogens is 394 g/mol. The van der Waals surface area contributed by atoms with Crippen LogP contribution in [0.4, 0.5) is 0 Å². The fourth-order valence-electron chi connectivity index (χ4n) is 3.20. The maximum absolute atomic E-state index is 12.7. The Morgan fingerprint density at radius 2 is 1.90 bits per heavy atom.